The molecule has 2 rings (SSSR count). The van der Waals surface area contributed by atoms with Crippen LogP contribution in [-0.2, 0) is 12.7 Å². The molecule has 0 atom stereocenters. The number of hydrogen-bond donors (Lipinski definition) is 0. The van der Waals surface area contributed by atoms with Crippen LogP contribution in [0.4, 0.5) is 13.2 Å². The molecule has 0 unspecified atom stereocenters. The number of carbonyl (C=O) groups excluding carboxylic acids is 1. The summed E-state index contributed by atoms with van der Waals surface area (Å²) < 4.78 is 44.0. The molecule has 0 heterocycles. The molecule has 0 bridgehead atoms. The molecule has 0 aliphatic carbocycles. The fourth-order valence-corrected chi connectivity index (χ4v) is 2.56. The zero-order chi connectivity index (χ0) is 20.0. The van der Waals surface area contributed by atoms with Crippen molar-refractivity contribution in [2.24, 2.45) is 0 Å². The fourth-order valence-electron chi connectivity index (χ4n) is 2.56. The highest BCUT2D eigenvalue weighted by molar-refractivity contribution is 5.94. The molecule has 4 nitrogen and oxygen atoms in total. The number of ether oxygens (including phenoxy) is 1. The first-order valence-corrected chi connectivity index (χ1v) is 8.45. The number of rotatable bonds is 7. The van der Waals surface area contributed by atoms with Crippen LogP contribution in [0.3, 0.4) is 0 Å². The summed E-state index contributed by atoms with van der Waals surface area (Å²) >= 11 is 0. The van der Waals surface area contributed by atoms with E-state index in [4.69, 9.17) is 4.74 Å². The highest BCUT2D eigenvalue weighted by Crippen LogP contribution is 2.29. The summed E-state index contributed by atoms with van der Waals surface area (Å²) in [5, 5.41) is 0. The summed E-state index contributed by atoms with van der Waals surface area (Å²) in [4.78, 5) is 16.4. The Balaban J connectivity index is 2.24. The van der Waals surface area contributed by atoms with Gasteiger partial charge in [-0.3, -0.25) is 4.79 Å². The van der Waals surface area contributed by atoms with Gasteiger partial charge in [0, 0.05) is 25.2 Å². The molecule has 0 saturated carbocycles. The normalized spacial score (nSPS) is 11.5. The summed E-state index contributed by atoms with van der Waals surface area (Å²) in [6.45, 7) is 1.09. The second-order valence-corrected chi connectivity index (χ2v) is 6.46. The molecule has 27 heavy (non-hydrogen) atoms. The average molecular weight is 380 g/mol. The Bertz CT molecular complexity index is 759. The zero-order valence-corrected chi connectivity index (χ0v) is 15.6. The van der Waals surface area contributed by atoms with Crippen LogP contribution in [0.1, 0.15) is 21.5 Å². The first kappa shape index (κ1) is 20.8. The first-order chi connectivity index (χ1) is 12.7. The molecule has 0 radical (unpaired) electrons. The van der Waals surface area contributed by atoms with Crippen LogP contribution < -0.4 is 4.74 Å². The predicted molar refractivity (Wildman–Crippen MR) is 97.7 cm³/mol. The van der Waals surface area contributed by atoms with Gasteiger partial charge < -0.3 is 14.5 Å². The molecule has 0 aliphatic rings. The van der Waals surface area contributed by atoms with Crippen LogP contribution in [0, 0.1) is 0 Å². The molecule has 2 aromatic carbocycles. The summed E-state index contributed by atoms with van der Waals surface area (Å²) in [6, 6.07) is 11.7. The lowest BCUT2D eigenvalue weighted by Crippen LogP contribution is -2.36. The zero-order valence-electron chi connectivity index (χ0n) is 15.6. The van der Waals surface area contributed by atoms with Gasteiger partial charge in [0.1, 0.15) is 5.75 Å². The summed E-state index contributed by atoms with van der Waals surface area (Å²) in [5.74, 6) is 0.390. The third-order valence-corrected chi connectivity index (χ3v) is 4.07. The number of amides is 1. The monoisotopic (exact) mass is 380 g/mol. The van der Waals surface area contributed by atoms with Gasteiger partial charge in [-0.1, -0.05) is 12.1 Å². The number of benzene rings is 2. The highest BCUT2D eigenvalue weighted by Gasteiger charge is 2.30. The first-order valence-electron chi connectivity index (χ1n) is 8.45. The fraction of sp³-hybridized carbons (Fsp3) is 0.350. The van der Waals surface area contributed by atoms with Crippen LogP contribution in [-0.4, -0.2) is 50.0 Å². The topological polar surface area (TPSA) is 32.8 Å². The van der Waals surface area contributed by atoms with Crippen molar-refractivity contribution < 1.29 is 22.7 Å². The van der Waals surface area contributed by atoms with E-state index in [0.29, 0.717) is 30.0 Å². The molecule has 1 amide bonds. The Morgan fingerprint density at radius 1 is 1.04 bits per heavy atom. The van der Waals surface area contributed by atoms with Crippen LogP contribution in [0.15, 0.2) is 48.5 Å². The van der Waals surface area contributed by atoms with Crippen molar-refractivity contribution >= 4 is 5.91 Å². The van der Waals surface area contributed by atoms with Crippen molar-refractivity contribution in [1.82, 2.24) is 9.80 Å². The number of likely N-dealkylation sites (N-methyl/N-ethyl adjacent to an activating group) is 1. The minimum atomic E-state index is -4.41. The highest BCUT2D eigenvalue weighted by atomic mass is 19.4. The standard InChI is InChI=1S/C20H23F3N2O2/c1-24(2)11-12-25(19(26)16-7-9-18(27-3)10-8-16)14-15-5-4-6-17(13-15)20(21,22)23/h4-10,13H,11-12,14H2,1-3H3. The van der Waals surface area contributed by atoms with Crippen LogP contribution in [0.2, 0.25) is 0 Å². The summed E-state index contributed by atoms with van der Waals surface area (Å²) in [5.41, 5.74) is 0.177. The SMILES string of the molecule is COc1ccc(C(=O)N(CCN(C)C)Cc2cccc(C(F)(F)F)c2)cc1. The molecule has 0 aromatic heterocycles. The number of carbonyl (C=O) groups is 1. The van der Waals surface area contributed by atoms with E-state index >= 15 is 0 Å². The van der Waals surface area contributed by atoms with Gasteiger partial charge in [0.05, 0.1) is 12.7 Å². The van der Waals surface area contributed by atoms with Gasteiger partial charge in [0.15, 0.2) is 0 Å². The number of halogens is 3. The Hall–Kier alpha value is -2.54. The Morgan fingerprint density at radius 2 is 1.70 bits per heavy atom. The van der Waals surface area contributed by atoms with Crippen LogP contribution in [0.5, 0.6) is 5.75 Å². The Kier molecular flexibility index (Phi) is 6.85. The lowest BCUT2D eigenvalue weighted by molar-refractivity contribution is -0.137. The van der Waals surface area contributed by atoms with E-state index < -0.39 is 11.7 Å². The molecule has 0 aliphatic heterocycles. The quantitative estimate of drug-likeness (QED) is 0.730. The Morgan fingerprint density at radius 3 is 2.26 bits per heavy atom. The number of methoxy groups -OCH3 is 1. The molecule has 0 spiro atoms. The van der Waals surface area contributed by atoms with E-state index in [9.17, 15) is 18.0 Å². The van der Waals surface area contributed by atoms with Gasteiger partial charge in [-0.05, 0) is 56.1 Å². The maximum absolute atomic E-state index is 13.0. The van der Waals surface area contributed by atoms with E-state index in [2.05, 4.69) is 0 Å². The van der Waals surface area contributed by atoms with Crippen molar-refractivity contribution in [2.75, 3.05) is 34.3 Å². The van der Waals surface area contributed by atoms with Gasteiger partial charge in [-0.2, -0.15) is 13.2 Å². The third-order valence-electron chi connectivity index (χ3n) is 4.07. The average Bonchev–Trinajstić information content (AvgIpc) is 2.64. The van der Waals surface area contributed by atoms with Gasteiger partial charge >= 0.3 is 6.18 Å². The van der Waals surface area contributed by atoms with Gasteiger partial charge in [0.2, 0.25) is 0 Å². The lowest BCUT2D eigenvalue weighted by Gasteiger charge is -2.25. The number of hydrogen-bond acceptors (Lipinski definition) is 3. The van der Waals surface area contributed by atoms with Crippen molar-refractivity contribution in [3.05, 3.63) is 65.2 Å². The smallest absolute Gasteiger partial charge is 0.416 e. The molecule has 7 heteroatoms. The Labute approximate surface area is 157 Å². The van der Waals surface area contributed by atoms with Crippen LogP contribution >= 0.6 is 0 Å². The largest absolute Gasteiger partial charge is 0.497 e. The molecular formula is C20H23F3N2O2. The number of alkyl halides is 3. The number of nitrogens with zero attached hydrogens (tertiary/aromatic N) is 2. The molecule has 0 N–H and O–H groups in total. The maximum atomic E-state index is 13.0. The predicted octanol–water partition coefficient (Wildman–Crippen LogP) is 3.92. The van der Waals surface area contributed by atoms with Crippen molar-refractivity contribution in [1.29, 1.82) is 0 Å². The van der Waals surface area contributed by atoms with Gasteiger partial charge in [-0.25, -0.2) is 0 Å². The van der Waals surface area contributed by atoms with Gasteiger partial charge in [-0.15, -0.1) is 0 Å². The second-order valence-electron chi connectivity index (χ2n) is 6.46. The molecule has 0 fully saturated rings. The van der Waals surface area contributed by atoms with Crippen molar-refractivity contribution in [3.8, 4) is 5.75 Å². The molecular weight excluding hydrogens is 357 g/mol. The minimum absolute atomic E-state index is 0.0998. The van der Waals surface area contributed by atoms with E-state index in [-0.39, 0.29) is 12.5 Å². The maximum Gasteiger partial charge on any atom is 0.416 e. The molecule has 2 aromatic rings. The van der Waals surface area contributed by atoms with Crippen LogP contribution in [0.25, 0.3) is 0 Å². The van der Waals surface area contributed by atoms with E-state index in [0.717, 1.165) is 12.1 Å². The summed E-state index contributed by atoms with van der Waals surface area (Å²) in [6.07, 6.45) is -4.41. The third kappa shape index (κ3) is 5.99. The van der Waals surface area contributed by atoms with E-state index in [1.54, 1.807) is 35.2 Å². The lowest BCUT2D eigenvalue weighted by atomic mass is 10.1. The second kappa shape index (κ2) is 8.90. The molecule has 0 saturated heterocycles. The van der Waals surface area contributed by atoms with E-state index in [1.807, 2.05) is 19.0 Å². The molecule has 146 valence electrons. The summed E-state index contributed by atoms with van der Waals surface area (Å²) in [7, 11) is 5.29. The van der Waals surface area contributed by atoms with E-state index in [1.165, 1.54) is 13.2 Å². The van der Waals surface area contributed by atoms with Crippen molar-refractivity contribution in [2.45, 2.75) is 12.7 Å². The minimum Gasteiger partial charge on any atom is -0.497 e. The van der Waals surface area contributed by atoms with Crippen molar-refractivity contribution in [3.63, 3.8) is 0 Å². The van der Waals surface area contributed by atoms with Gasteiger partial charge in [0.25, 0.3) is 5.91 Å².